The molecule has 0 atom stereocenters. The van der Waals surface area contributed by atoms with E-state index in [1.165, 1.54) is 28.1 Å². The smallest absolute Gasteiger partial charge is 0.337 e. The maximum Gasteiger partial charge on any atom is 0.337 e. The largest absolute Gasteiger partial charge is 0.364 e. The normalized spacial score (nSPS) is 20.1. The zero-order valence-corrected chi connectivity index (χ0v) is 10.3. The van der Waals surface area contributed by atoms with Gasteiger partial charge in [-0.25, -0.2) is 14.6 Å². The third-order valence-corrected chi connectivity index (χ3v) is 2.54. The second kappa shape index (κ2) is 4.80. The molecule has 1 fully saturated rings. The fourth-order valence-electron chi connectivity index (χ4n) is 1.57. The van der Waals surface area contributed by atoms with Gasteiger partial charge in [-0.15, -0.1) is 0 Å². The molecule has 1 aliphatic heterocycles. The Bertz CT molecular complexity index is 323. The molecule has 1 rings (SSSR count). The second-order valence-electron chi connectivity index (χ2n) is 4.21. The van der Waals surface area contributed by atoms with Gasteiger partial charge in [0.15, 0.2) is 0 Å². The fraction of sp³-hybridized carbons (Fsp3) is 0.700. The molecular weight excluding hydrogens is 228 g/mol. The Kier molecular flexibility index (Phi) is 3.84. The van der Waals surface area contributed by atoms with Gasteiger partial charge in [0, 0.05) is 14.2 Å². The standard InChI is InChI=1S/C10H16N2O5/c1-10(2)7(13)11(5-16-3)9(15)12(6-17-4)8(10)14/h5-6H2,1-4H3. The summed E-state index contributed by atoms with van der Waals surface area (Å²) in [7, 11) is 2.73. The molecule has 1 heterocycles. The Morgan fingerprint density at radius 2 is 1.29 bits per heavy atom. The van der Waals surface area contributed by atoms with Crippen molar-refractivity contribution in [2.75, 3.05) is 27.7 Å². The van der Waals surface area contributed by atoms with Gasteiger partial charge in [0.1, 0.15) is 18.9 Å². The summed E-state index contributed by atoms with van der Waals surface area (Å²) >= 11 is 0. The maximum atomic E-state index is 11.9. The van der Waals surface area contributed by atoms with Crippen molar-refractivity contribution in [1.82, 2.24) is 9.80 Å². The molecule has 96 valence electrons. The number of barbiturate groups is 1. The lowest BCUT2D eigenvalue weighted by Crippen LogP contribution is -2.63. The number of carbonyl (C=O) groups is 3. The third kappa shape index (κ3) is 2.16. The first-order valence-corrected chi connectivity index (χ1v) is 5.03. The summed E-state index contributed by atoms with van der Waals surface area (Å²) in [5, 5.41) is 0. The van der Waals surface area contributed by atoms with E-state index in [2.05, 4.69) is 0 Å². The average Bonchev–Trinajstić information content (AvgIpc) is 2.29. The molecule has 0 bridgehead atoms. The van der Waals surface area contributed by atoms with Crippen LogP contribution in [-0.4, -0.2) is 55.3 Å². The predicted octanol–water partition coefficient (Wildman–Crippen LogP) is 0.0112. The van der Waals surface area contributed by atoms with E-state index in [4.69, 9.17) is 9.47 Å². The van der Waals surface area contributed by atoms with Gasteiger partial charge >= 0.3 is 6.03 Å². The molecular formula is C10H16N2O5. The van der Waals surface area contributed by atoms with Gasteiger partial charge in [0.05, 0.1) is 0 Å². The molecule has 0 spiro atoms. The highest BCUT2D eigenvalue weighted by atomic mass is 16.5. The number of nitrogens with zero attached hydrogens (tertiary/aromatic N) is 2. The maximum absolute atomic E-state index is 11.9. The summed E-state index contributed by atoms with van der Waals surface area (Å²) in [6, 6.07) is -0.719. The first-order chi connectivity index (χ1) is 7.87. The molecule has 0 unspecified atom stereocenters. The van der Waals surface area contributed by atoms with Crippen molar-refractivity contribution in [2.45, 2.75) is 13.8 Å². The van der Waals surface area contributed by atoms with Crippen LogP contribution in [0, 0.1) is 5.41 Å². The summed E-state index contributed by atoms with van der Waals surface area (Å²) in [5.74, 6) is -1.14. The van der Waals surface area contributed by atoms with E-state index in [-0.39, 0.29) is 13.5 Å². The lowest BCUT2D eigenvalue weighted by molar-refractivity contribution is -0.162. The number of carbonyl (C=O) groups excluding carboxylic acids is 3. The highest BCUT2D eigenvalue weighted by molar-refractivity contribution is 6.18. The van der Waals surface area contributed by atoms with E-state index < -0.39 is 23.3 Å². The molecule has 7 nitrogen and oxygen atoms in total. The van der Waals surface area contributed by atoms with Crippen LogP contribution in [0.5, 0.6) is 0 Å². The highest BCUT2D eigenvalue weighted by Gasteiger charge is 2.51. The highest BCUT2D eigenvalue weighted by Crippen LogP contribution is 2.28. The van der Waals surface area contributed by atoms with Crippen LogP contribution < -0.4 is 0 Å². The van der Waals surface area contributed by atoms with E-state index >= 15 is 0 Å². The molecule has 0 radical (unpaired) electrons. The van der Waals surface area contributed by atoms with E-state index in [1.54, 1.807) is 0 Å². The molecule has 0 aromatic rings. The van der Waals surface area contributed by atoms with Gasteiger partial charge in [0.2, 0.25) is 11.8 Å². The second-order valence-corrected chi connectivity index (χ2v) is 4.21. The summed E-state index contributed by atoms with van der Waals surface area (Å²) in [4.78, 5) is 37.5. The molecule has 0 aliphatic carbocycles. The van der Waals surface area contributed by atoms with Crippen molar-refractivity contribution < 1.29 is 23.9 Å². The van der Waals surface area contributed by atoms with Crippen LogP contribution in [0.15, 0.2) is 0 Å². The minimum atomic E-state index is -1.29. The van der Waals surface area contributed by atoms with Crippen molar-refractivity contribution in [2.24, 2.45) is 5.41 Å². The number of hydrogen-bond donors (Lipinski definition) is 0. The third-order valence-electron chi connectivity index (χ3n) is 2.54. The first kappa shape index (κ1) is 13.6. The van der Waals surface area contributed by atoms with Crippen LogP contribution in [0.4, 0.5) is 4.79 Å². The number of imide groups is 2. The minimum Gasteiger partial charge on any atom is -0.364 e. The van der Waals surface area contributed by atoms with Crippen LogP contribution in [0.3, 0.4) is 0 Å². The Hall–Kier alpha value is -1.47. The predicted molar refractivity (Wildman–Crippen MR) is 56.6 cm³/mol. The van der Waals surface area contributed by atoms with Crippen LogP contribution in [0.2, 0.25) is 0 Å². The average molecular weight is 244 g/mol. The molecule has 0 aromatic carbocycles. The van der Waals surface area contributed by atoms with E-state index in [0.29, 0.717) is 0 Å². The zero-order chi connectivity index (χ0) is 13.2. The summed E-state index contributed by atoms with van der Waals surface area (Å²) in [5.41, 5.74) is -1.29. The first-order valence-electron chi connectivity index (χ1n) is 5.03. The number of hydrogen-bond acceptors (Lipinski definition) is 5. The topological polar surface area (TPSA) is 76.2 Å². The Balaban J connectivity index is 3.08. The Morgan fingerprint density at radius 3 is 1.59 bits per heavy atom. The van der Waals surface area contributed by atoms with Gasteiger partial charge < -0.3 is 9.47 Å². The van der Waals surface area contributed by atoms with Crippen molar-refractivity contribution in [1.29, 1.82) is 0 Å². The molecule has 1 aliphatic rings. The summed E-state index contributed by atoms with van der Waals surface area (Å²) in [6.07, 6.45) is 0. The van der Waals surface area contributed by atoms with E-state index in [9.17, 15) is 14.4 Å². The molecule has 17 heavy (non-hydrogen) atoms. The van der Waals surface area contributed by atoms with Crippen molar-refractivity contribution in [3.63, 3.8) is 0 Å². The Morgan fingerprint density at radius 1 is 0.941 bits per heavy atom. The van der Waals surface area contributed by atoms with E-state index in [0.717, 1.165) is 9.80 Å². The lowest BCUT2D eigenvalue weighted by atomic mass is 9.88. The van der Waals surface area contributed by atoms with E-state index in [1.807, 2.05) is 0 Å². The van der Waals surface area contributed by atoms with Gasteiger partial charge in [-0.3, -0.25) is 9.59 Å². The van der Waals surface area contributed by atoms with Crippen molar-refractivity contribution in [3.05, 3.63) is 0 Å². The van der Waals surface area contributed by atoms with Crippen LogP contribution in [0.25, 0.3) is 0 Å². The number of methoxy groups -OCH3 is 2. The van der Waals surface area contributed by atoms with Gasteiger partial charge in [-0.1, -0.05) is 0 Å². The SMILES string of the molecule is COCN1C(=O)N(COC)C(=O)C(C)(C)C1=O. The molecule has 0 aromatic heterocycles. The van der Waals surface area contributed by atoms with Crippen molar-refractivity contribution >= 4 is 17.8 Å². The summed E-state index contributed by atoms with van der Waals surface area (Å²) in [6.45, 7) is 2.56. The Labute approximate surface area is 99.2 Å². The number of urea groups is 1. The molecule has 7 heteroatoms. The number of amides is 4. The molecule has 0 saturated carbocycles. The van der Waals surface area contributed by atoms with Gasteiger partial charge in [-0.05, 0) is 13.8 Å². The minimum absolute atomic E-state index is 0.186. The monoisotopic (exact) mass is 244 g/mol. The van der Waals surface area contributed by atoms with Crippen molar-refractivity contribution in [3.8, 4) is 0 Å². The zero-order valence-electron chi connectivity index (χ0n) is 10.3. The van der Waals surface area contributed by atoms with Crippen LogP contribution in [0.1, 0.15) is 13.8 Å². The number of ether oxygens (including phenoxy) is 2. The van der Waals surface area contributed by atoms with Gasteiger partial charge in [0.25, 0.3) is 0 Å². The lowest BCUT2D eigenvalue weighted by Gasteiger charge is -2.39. The van der Waals surface area contributed by atoms with Crippen LogP contribution >= 0.6 is 0 Å². The molecule has 4 amide bonds. The number of rotatable bonds is 4. The van der Waals surface area contributed by atoms with Gasteiger partial charge in [-0.2, -0.15) is 0 Å². The quantitative estimate of drug-likeness (QED) is 0.651. The molecule has 0 N–H and O–H groups in total. The van der Waals surface area contributed by atoms with Crippen LogP contribution in [-0.2, 0) is 19.1 Å². The fourth-order valence-corrected chi connectivity index (χ4v) is 1.57. The summed E-state index contributed by atoms with van der Waals surface area (Å²) < 4.78 is 9.57. The molecule has 1 saturated heterocycles.